The summed E-state index contributed by atoms with van der Waals surface area (Å²) in [6.07, 6.45) is 1.59. The molecule has 0 N–H and O–H groups in total. The van der Waals surface area contributed by atoms with Crippen LogP contribution in [-0.2, 0) is 11.3 Å². The number of esters is 1. The van der Waals surface area contributed by atoms with Gasteiger partial charge in [0.1, 0.15) is 0 Å². The molecule has 33 heavy (non-hydrogen) atoms. The van der Waals surface area contributed by atoms with Crippen LogP contribution >= 0.6 is 23.4 Å². The van der Waals surface area contributed by atoms with E-state index in [1.807, 2.05) is 0 Å². The van der Waals surface area contributed by atoms with Crippen molar-refractivity contribution in [2.45, 2.75) is 6.54 Å². The number of nitrogens with zero attached hydrogens (tertiary/aromatic N) is 1. The van der Waals surface area contributed by atoms with E-state index in [2.05, 4.69) is 0 Å². The molecule has 1 heterocycles. The van der Waals surface area contributed by atoms with E-state index in [4.69, 9.17) is 21.1 Å². The Balaban J connectivity index is 1.55. The van der Waals surface area contributed by atoms with Gasteiger partial charge in [-0.1, -0.05) is 48.0 Å². The maximum Gasteiger partial charge on any atom is 0.343 e. The Kier molecular flexibility index (Phi) is 6.82. The first-order valence-corrected chi connectivity index (χ1v) is 11.1. The highest BCUT2D eigenvalue weighted by Gasteiger charge is 2.35. The first-order valence-electron chi connectivity index (χ1n) is 9.89. The third kappa shape index (κ3) is 5.27. The van der Waals surface area contributed by atoms with Gasteiger partial charge in [-0.25, -0.2) is 4.79 Å². The number of ether oxygens (including phenoxy) is 2. The monoisotopic (exact) mass is 479 g/mol. The zero-order chi connectivity index (χ0) is 23.4. The van der Waals surface area contributed by atoms with Crippen molar-refractivity contribution in [3.63, 3.8) is 0 Å². The molecule has 0 unspecified atom stereocenters. The Labute approximate surface area is 199 Å². The van der Waals surface area contributed by atoms with Gasteiger partial charge in [0.25, 0.3) is 11.1 Å². The summed E-state index contributed by atoms with van der Waals surface area (Å²) in [4.78, 5) is 39.2. The molecule has 0 spiro atoms. The second kappa shape index (κ2) is 9.94. The van der Waals surface area contributed by atoms with Gasteiger partial charge >= 0.3 is 5.97 Å². The molecular formula is C25H18ClNO5S. The highest BCUT2D eigenvalue weighted by molar-refractivity contribution is 8.18. The zero-order valence-corrected chi connectivity index (χ0v) is 19.1. The van der Waals surface area contributed by atoms with Crippen LogP contribution in [0.2, 0.25) is 5.02 Å². The van der Waals surface area contributed by atoms with Crippen LogP contribution in [-0.4, -0.2) is 29.1 Å². The molecule has 1 aliphatic rings. The van der Waals surface area contributed by atoms with Crippen LogP contribution in [0.3, 0.4) is 0 Å². The Morgan fingerprint density at radius 3 is 2.42 bits per heavy atom. The van der Waals surface area contributed by atoms with E-state index in [1.165, 1.54) is 12.0 Å². The number of thioether (sulfide) groups is 1. The molecule has 166 valence electrons. The SMILES string of the molecule is COc1ccc(/C=C2\SC(=O)N(Cc3ccc(Cl)cc3)C2=O)cc1OC(=O)c1ccccc1. The lowest BCUT2D eigenvalue weighted by atomic mass is 10.1. The molecule has 1 fully saturated rings. The smallest absolute Gasteiger partial charge is 0.343 e. The molecule has 0 saturated carbocycles. The number of methoxy groups -OCH3 is 1. The average Bonchev–Trinajstić information content (AvgIpc) is 3.08. The lowest BCUT2D eigenvalue weighted by Crippen LogP contribution is -2.27. The van der Waals surface area contributed by atoms with E-state index in [0.29, 0.717) is 21.9 Å². The van der Waals surface area contributed by atoms with Gasteiger partial charge < -0.3 is 9.47 Å². The number of imide groups is 1. The summed E-state index contributed by atoms with van der Waals surface area (Å²) in [5.41, 5.74) is 1.78. The van der Waals surface area contributed by atoms with E-state index in [0.717, 1.165) is 17.3 Å². The van der Waals surface area contributed by atoms with Crippen LogP contribution in [0.5, 0.6) is 11.5 Å². The fourth-order valence-corrected chi connectivity index (χ4v) is 4.12. The zero-order valence-electron chi connectivity index (χ0n) is 17.5. The lowest BCUT2D eigenvalue weighted by molar-refractivity contribution is -0.123. The van der Waals surface area contributed by atoms with Crippen LogP contribution in [0.1, 0.15) is 21.5 Å². The third-order valence-electron chi connectivity index (χ3n) is 4.83. The van der Waals surface area contributed by atoms with Crippen LogP contribution in [0, 0.1) is 0 Å². The van der Waals surface area contributed by atoms with E-state index < -0.39 is 11.9 Å². The minimum absolute atomic E-state index is 0.154. The van der Waals surface area contributed by atoms with Gasteiger partial charge in [0.15, 0.2) is 11.5 Å². The first-order chi connectivity index (χ1) is 15.9. The van der Waals surface area contributed by atoms with Crippen molar-refractivity contribution in [2.75, 3.05) is 7.11 Å². The standard InChI is InChI=1S/C25H18ClNO5S/c1-31-20-12-9-17(13-21(20)32-24(29)18-5-3-2-4-6-18)14-22-23(28)27(25(30)33-22)15-16-7-10-19(26)11-8-16/h2-14H,15H2,1H3/b22-14-. The summed E-state index contributed by atoms with van der Waals surface area (Å²) in [5, 5.41) is 0.224. The van der Waals surface area contributed by atoms with Gasteiger partial charge in [0.2, 0.25) is 0 Å². The molecule has 0 radical (unpaired) electrons. The number of halogens is 1. The normalized spacial score (nSPS) is 14.6. The van der Waals surface area contributed by atoms with Crippen LogP contribution < -0.4 is 9.47 Å². The van der Waals surface area contributed by atoms with Gasteiger partial charge in [-0.05, 0) is 65.4 Å². The fourth-order valence-electron chi connectivity index (χ4n) is 3.16. The molecule has 2 amide bonds. The fraction of sp³-hybridized carbons (Fsp3) is 0.0800. The van der Waals surface area contributed by atoms with E-state index in [9.17, 15) is 14.4 Å². The predicted octanol–water partition coefficient (Wildman–Crippen LogP) is 5.80. The number of hydrogen-bond acceptors (Lipinski definition) is 6. The summed E-state index contributed by atoms with van der Waals surface area (Å²) in [5.74, 6) is -0.347. The second-order valence-electron chi connectivity index (χ2n) is 7.06. The van der Waals surface area contributed by atoms with Crippen molar-refractivity contribution in [1.82, 2.24) is 4.90 Å². The topological polar surface area (TPSA) is 72.9 Å². The minimum atomic E-state index is -0.533. The largest absolute Gasteiger partial charge is 0.493 e. The van der Waals surface area contributed by atoms with Gasteiger partial charge in [-0.15, -0.1) is 0 Å². The Morgan fingerprint density at radius 1 is 1.00 bits per heavy atom. The number of rotatable bonds is 6. The molecule has 3 aromatic rings. The maximum atomic E-state index is 12.8. The molecule has 0 atom stereocenters. The summed E-state index contributed by atoms with van der Waals surface area (Å²) in [6.45, 7) is 0.154. The van der Waals surface area contributed by atoms with Crippen molar-refractivity contribution in [3.05, 3.63) is 99.4 Å². The molecule has 1 aliphatic heterocycles. The molecular weight excluding hydrogens is 462 g/mol. The third-order valence-corrected chi connectivity index (χ3v) is 5.98. The van der Waals surface area contributed by atoms with Crippen LogP contribution in [0.25, 0.3) is 6.08 Å². The Bertz CT molecular complexity index is 1240. The van der Waals surface area contributed by atoms with Crippen molar-refractivity contribution in [2.24, 2.45) is 0 Å². The number of hydrogen-bond donors (Lipinski definition) is 0. The number of carbonyl (C=O) groups excluding carboxylic acids is 3. The summed E-state index contributed by atoms with van der Waals surface area (Å²) < 4.78 is 10.8. The highest BCUT2D eigenvalue weighted by atomic mass is 35.5. The second-order valence-corrected chi connectivity index (χ2v) is 8.49. The Hall–Kier alpha value is -3.55. The van der Waals surface area contributed by atoms with Crippen molar-refractivity contribution in [3.8, 4) is 11.5 Å². The first kappa shape index (κ1) is 22.6. The number of benzene rings is 3. The van der Waals surface area contributed by atoms with Crippen molar-refractivity contribution >= 4 is 46.6 Å². The molecule has 6 nitrogen and oxygen atoms in total. The molecule has 0 bridgehead atoms. The summed E-state index contributed by atoms with van der Waals surface area (Å²) >= 11 is 6.76. The van der Waals surface area contributed by atoms with E-state index in [-0.39, 0.29) is 22.4 Å². The van der Waals surface area contributed by atoms with Gasteiger partial charge in [0.05, 0.1) is 24.1 Å². The summed E-state index contributed by atoms with van der Waals surface area (Å²) in [6, 6.07) is 20.5. The van der Waals surface area contributed by atoms with E-state index >= 15 is 0 Å². The number of amides is 2. The quantitative estimate of drug-likeness (QED) is 0.252. The molecule has 4 rings (SSSR count). The number of carbonyl (C=O) groups is 3. The Morgan fingerprint density at radius 2 is 1.73 bits per heavy atom. The van der Waals surface area contributed by atoms with Crippen molar-refractivity contribution < 1.29 is 23.9 Å². The van der Waals surface area contributed by atoms with Crippen LogP contribution in [0.4, 0.5) is 4.79 Å². The molecule has 8 heteroatoms. The minimum Gasteiger partial charge on any atom is -0.493 e. The van der Waals surface area contributed by atoms with Gasteiger partial charge in [0, 0.05) is 5.02 Å². The van der Waals surface area contributed by atoms with Gasteiger partial charge in [-0.3, -0.25) is 14.5 Å². The molecule has 1 saturated heterocycles. The summed E-state index contributed by atoms with van der Waals surface area (Å²) in [7, 11) is 1.47. The molecule has 3 aromatic carbocycles. The molecule has 0 aliphatic carbocycles. The van der Waals surface area contributed by atoms with Crippen molar-refractivity contribution in [1.29, 1.82) is 0 Å². The lowest BCUT2D eigenvalue weighted by Gasteiger charge is -2.12. The molecule has 0 aromatic heterocycles. The predicted molar refractivity (Wildman–Crippen MR) is 127 cm³/mol. The highest BCUT2D eigenvalue weighted by Crippen LogP contribution is 2.35. The average molecular weight is 480 g/mol. The van der Waals surface area contributed by atoms with Crippen LogP contribution in [0.15, 0.2) is 77.7 Å². The van der Waals surface area contributed by atoms with Gasteiger partial charge in [-0.2, -0.15) is 0 Å². The van der Waals surface area contributed by atoms with E-state index in [1.54, 1.807) is 78.9 Å². The maximum absolute atomic E-state index is 12.8.